The van der Waals surface area contributed by atoms with E-state index >= 15 is 0 Å². The Hall–Kier alpha value is -0.570. The minimum atomic E-state index is 0.284. The summed E-state index contributed by atoms with van der Waals surface area (Å²) in [4.78, 5) is 11.6. The Labute approximate surface area is 79.3 Å². The predicted molar refractivity (Wildman–Crippen MR) is 51.4 cm³/mol. The van der Waals surface area contributed by atoms with Gasteiger partial charge in [0.1, 0.15) is 0 Å². The maximum absolute atomic E-state index is 11.6. The molecule has 2 aliphatic rings. The van der Waals surface area contributed by atoms with Crippen molar-refractivity contribution in [1.82, 2.24) is 10.6 Å². The van der Waals surface area contributed by atoms with Crippen molar-refractivity contribution in [2.75, 3.05) is 13.1 Å². The van der Waals surface area contributed by atoms with Crippen molar-refractivity contribution in [2.45, 2.75) is 38.1 Å². The molecule has 13 heavy (non-hydrogen) atoms. The first-order valence-electron chi connectivity index (χ1n) is 5.37. The van der Waals surface area contributed by atoms with E-state index in [0.29, 0.717) is 12.0 Å². The van der Waals surface area contributed by atoms with Crippen LogP contribution in [0.4, 0.5) is 0 Å². The molecule has 0 radical (unpaired) electrons. The van der Waals surface area contributed by atoms with Crippen molar-refractivity contribution in [2.24, 2.45) is 5.92 Å². The van der Waals surface area contributed by atoms with E-state index in [-0.39, 0.29) is 5.91 Å². The first kappa shape index (κ1) is 9.00. The molecule has 0 aromatic rings. The van der Waals surface area contributed by atoms with E-state index in [9.17, 15) is 4.79 Å². The third kappa shape index (κ3) is 2.21. The van der Waals surface area contributed by atoms with Crippen LogP contribution in [0.3, 0.4) is 0 Å². The van der Waals surface area contributed by atoms with Crippen LogP contribution >= 0.6 is 0 Å². The molecule has 0 aromatic heterocycles. The average Bonchev–Trinajstić information content (AvgIpc) is 2.52. The molecule has 3 heteroatoms. The predicted octanol–water partition coefficient (Wildman–Crippen LogP) is 0.655. The zero-order chi connectivity index (χ0) is 9.10. The normalized spacial score (nSPS) is 28.5. The maximum Gasteiger partial charge on any atom is 0.223 e. The lowest BCUT2D eigenvalue weighted by Gasteiger charge is -2.28. The molecule has 2 rings (SSSR count). The lowest BCUT2D eigenvalue weighted by molar-refractivity contribution is -0.124. The highest BCUT2D eigenvalue weighted by molar-refractivity contribution is 5.78. The zero-order valence-corrected chi connectivity index (χ0v) is 8.01. The number of hydrogen-bond donors (Lipinski definition) is 2. The minimum Gasteiger partial charge on any atom is -0.354 e. The van der Waals surface area contributed by atoms with Gasteiger partial charge in [-0.3, -0.25) is 4.79 Å². The number of hydrogen-bond acceptors (Lipinski definition) is 2. The summed E-state index contributed by atoms with van der Waals surface area (Å²) in [5, 5.41) is 6.30. The molecule has 1 saturated heterocycles. The molecule has 74 valence electrons. The van der Waals surface area contributed by atoms with Crippen LogP contribution in [0.15, 0.2) is 0 Å². The molecular weight excluding hydrogens is 164 g/mol. The van der Waals surface area contributed by atoms with E-state index in [1.165, 1.54) is 19.3 Å². The lowest BCUT2D eigenvalue weighted by atomic mass is 10.1. The van der Waals surface area contributed by atoms with Gasteiger partial charge in [0.25, 0.3) is 0 Å². The van der Waals surface area contributed by atoms with Crippen molar-refractivity contribution in [3.8, 4) is 0 Å². The van der Waals surface area contributed by atoms with E-state index in [4.69, 9.17) is 0 Å². The summed E-state index contributed by atoms with van der Waals surface area (Å²) < 4.78 is 0. The van der Waals surface area contributed by atoms with Gasteiger partial charge in [0, 0.05) is 18.5 Å². The van der Waals surface area contributed by atoms with Crippen molar-refractivity contribution in [3.05, 3.63) is 0 Å². The van der Waals surface area contributed by atoms with E-state index in [0.717, 1.165) is 25.9 Å². The molecule has 1 atom stereocenters. The van der Waals surface area contributed by atoms with E-state index in [1.807, 2.05) is 0 Å². The van der Waals surface area contributed by atoms with Gasteiger partial charge in [0.15, 0.2) is 0 Å². The summed E-state index contributed by atoms with van der Waals surface area (Å²) in [7, 11) is 0. The zero-order valence-electron chi connectivity index (χ0n) is 8.01. The standard InChI is InChI=1S/C10H18N2O/c13-10(8-3-1-2-4-8)12-7-9-5-6-11-9/h8-9,11H,1-7H2,(H,12,13). The number of carbonyl (C=O) groups excluding carboxylic acids is 1. The molecule has 0 aromatic carbocycles. The summed E-state index contributed by atoms with van der Waals surface area (Å²) in [6.45, 7) is 1.94. The van der Waals surface area contributed by atoms with Gasteiger partial charge in [0.2, 0.25) is 5.91 Å². The van der Waals surface area contributed by atoms with Crippen molar-refractivity contribution in [3.63, 3.8) is 0 Å². The van der Waals surface area contributed by atoms with Crippen molar-refractivity contribution < 1.29 is 4.79 Å². The quantitative estimate of drug-likeness (QED) is 0.673. The average molecular weight is 182 g/mol. The van der Waals surface area contributed by atoms with Crippen molar-refractivity contribution >= 4 is 5.91 Å². The van der Waals surface area contributed by atoms with Gasteiger partial charge >= 0.3 is 0 Å². The molecule has 2 fully saturated rings. The Morgan fingerprint density at radius 3 is 2.54 bits per heavy atom. The Morgan fingerprint density at radius 2 is 2.00 bits per heavy atom. The molecule has 0 spiro atoms. The number of rotatable bonds is 3. The third-order valence-electron chi connectivity index (χ3n) is 3.17. The Morgan fingerprint density at radius 1 is 1.31 bits per heavy atom. The summed E-state index contributed by atoms with van der Waals surface area (Å²) >= 11 is 0. The molecule has 1 heterocycles. The van der Waals surface area contributed by atoms with E-state index < -0.39 is 0 Å². The Bertz CT molecular complexity index is 183. The highest BCUT2D eigenvalue weighted by Gasteiger charge is 2.24. The fourth-order valence-corrected chi connectivity index (χ4v) is 2.08. The van der Waals surface area contributed by atoms with Gasteiger partial charge in [-0.2, -0.15) is 0 Å². The van der Waals surface area contributed by atoms with Crippen LogP contribution in [-0.4, -0.2) is 25.0 Å². The number of amides is 1. The molecule has 1 unspecified atom stereocenters. The summed E-state index contributed by atoms with van der Waals surface area (Å²) in [6.07, 6.45) is 5.89. The van der Waals surface area contributed by atoms with Gasteiger partial charge in [-0.05, 0) is 25.8 Å². The summed E-state index contributed by atoms with van der Waals surface area (Å²) in [5.41, 5.74) is 0. The van der Waals surface area contributed by atoms with Gasteiger partial charge in [-0.25, -0.2) is 0 Å². The fraction of sp³-hybridized carbons (Fsp3) is 0.900. The molecule has 1 aliphatic carbocycles. The molecular formula is C10H18N2O. The Balaban J connectivity index is 1.65. The summed E-state index contributed by atoms with van der Waals surface area (Å²) in [6, 6.07) is 0.547. The van der Waals surface area contributed by atoms with Crippen molar-refractivity contribution in [1.29, 1.82) is 0 Å². The van der Waals surface area contributed by atoms with Crippen LogP contribution in [0.5, 0.6) is 0 Å². The van der Waals surface area contributed by atoms with Crippen LogP contribution in [-0.2, 0) is 4.79 Å². The van der Waals surface area contributed by atoms with Gasteiger partial charge in [-0.1, -0.05) is 12.8 Å². The number of nitrogens with one attached hydrogen (secondary N) is 2. The highest BCUT2D eigenvalue weighted by atomic mass is 16.1. The third-order valence-corrected chi connectivity index (χ3v) is 3.17. The lowest BCUT2D eigenvalue weighted by Crippen LogP contribution is -2.50. The Kier molecular flexibility index (Phi) is 2.83. The van der Waals surface area contributed by atoms with E-state index in [2.05, 4.69) is 10.6 Å². The molecule has 2 N–H and O–H groups in total. The second-order valence-electron chi connectivity index (χ2n) is 4.17. The molecule has 3 nitrogen and oxygen atoms in total. The second kappa shape index (κ2) is 4.09. The fourth-order valence-electron chi connectivity index (χ4n) is 2.08. The molecule has 0 bridgehead atoms. The van der Waals surface area contributed by atoms with E-state index in [1.54, 1.807) is 0 Å². The maximum atomic E-state index is 11.6. The van der Waals surface area contributed by atoms with Crippen LogP contribution in [0, 0.1) is 5.92 Å². The van der Waals surface area contributed by atoms with Crippen LogP contribution in [0.2, 0.25) is 0 Å². The van der Waals surface area contributed by atoms with Gasteiger partial charge in [0.05, 0.1) is 0 Å². The van der Waals surface area contributed by atoms with Crippen LogP contribution in [0.1, 0.15) is 32.1 Å². The topological polar surface area (TPSA) is 41.1 Å². The second-order valence-corrected chi connectivity index (χ2v) is 4.17. The monoisotopic (exact) mass is 182 g/mol. The molecule has 1 aliphatic heterocycles. The molecule has 1 saturated carbocycles. The van der Waals surface area contributed by atoms with Gasteiger partial charge < -0.3 is 10.6 Å². The van der Waals surface area contributed by atoms with Gasteiger partial charge in [-0.15, -0.1) is 0 Å². The molecule has 1 amide bonds. The van der Waals surface area contributed by atoms with Crippen LogP contribution in [0.25, 0.3) is 0 Å². The first-order chi connectivity index (χ1) is 6.36. The smallest absolute Gasteiger partial charge is 0.223 e. The van der Waals surface area contributed by atoms with Crippen LogP contribution < -0.4 is 10.6 Å². The largest absolute Gasteiger partial charge is 0.354 e. The first-order valence-corrected chi connectivity index (χ1v) is 5.37. The summed E-state index contributed by atoms with van der Waals surface area (Å²) in [5.74, 6) is 0.603. The highest BCUT2D eigenvalue weighted by Crippen LogP contribution is 2.24. The number of carbonyl (C=O) groups is 1. The minimum absolute atomic E-state index is 0.284. The SMILES string of the molecule is O=C(NCC1CCN1)C1CCCC1.